The molecule has 10 nitrogen and oxygen atoms in total. The fraction of sp³-hybridized carbons (Fsp3) is 0.458. The van der Waals surface area contributed by atoms with Crippen molar-refractivity contribution in [3.63, 3.8) is 0 Å². The van der Waals surface area contributed by atoms with E-state index in [9.17, 15) is 19.5 Å². The number of nitro benzene ring substituents is 1. The van der Waals surface area contributed by atoms with E-state index < -0.39 is 18.7 Å². The minimum atomic E-state index is -3.03. The van der Waals surface area contributed by atoms with Gasteiger partial charge in [-0.1, -0.05) is 6.07 Å². The first kappa shape index (κ1) is 21.5. The molecular formula is C24H25N4O6P. The number of nitrogens with zero attached hydrogens (tertiary/aromatic N) is 4. The van der Waals surface area contributed by atoms with Crippen molar-refractivity contribution in [2.24, 2.45) is 0 Å². The third-order valence-corrected chi connectivity index (χ3v) is 10.2. The SMILES string of the molecule is O=C1c2cc(Oc3c([N+](=O)[O-])ccc4c3CC[C@@H]4OP(=O)(N3CC3)N3CC3)ccc2CN1C1CC1. The Balaban J connectivity index is 1.20. The number of amides is 1. The summed E-state index contributed by atoms with van der Waals surface area (Å²) in [5.41, 5.74) is 2.92. The molecule has 0 unspecified atom stereocenters. The minimum absolute atomic E-state index is 0.00453. The molecular weight excluding hydrogens is 471 g/mol. The number of benzene rings is 2. The van der Waals surface area contributed by atoms with Crippen LogP contribution in [0.25, 0.3) is 0 Å². The molecule has 2 aromatic rings. The lowest BCUT2D eigenvalue weighted by Crippen LogP contribution is -2.25. The van der Waals surface area contributed by atoms with Gasteiger partial charge in [0.15, 0.2) is 0 Å². The van der Waals surface area contributed by atoms with Crippen molar-refractivity contribution in [3.05, 3.63) is 62.7 Å². The van der Waals surface area contributed by atoms with Crippen LogP contribution >= 0.6 is 7.67 Å². The number of ether oxygens (including phenoxy) is 1. The molecule has 7 rings (SSSR count). The summed E-state index contributed by atoms with van der Waals surface area (Å²) in [6.07, 6.45) is 2.77. The van der Waals surface area contributed by atoms with Gasteiger partial charge in [0.1, 0.15) is 5.75 Å². The van der Waals surface area contributed by atoms with E-state index >= 15 is 0 Å². The van der Waals surface area contributed by atoms with E-state index in [4.69, 9.17) is 9.26 Å². The van der Waals surface area contributed by atoms with E-state index in [0.717, 1.165) is 50.1 Å². The third-order valence-electron chi connectivity index (χ3n) is 7.42. The zero-order valence-electron chi connectivity index (χ0n) is 19.1. The van der Waals surface area contributed by atoms with Crippen LogP contribution in [0.15, 0.2) is 30.3 Å². The summed E-state index contributed by atoms with van der Waals surface area (Å²) in [5.74, 6) is 0.570. The predicted molar refractivity (Wildman–Crippen MR) is 125 cm³/mol. The van der Waals surface area contributed by atoms with Gasteiger partial charge in [0, 0.05) is 56.0 Å². The van der Waals surface area contributed by atoms with Gasteiger partial charge >= 0.3 is 13.4 Å². The Morgan fingerprint density at radius 3 is 2.43 bits per heavy atom. The number of carbonyl (C=O) groups excluding carboxylic acids is 1. The highest BCUT2D eigenvalue weighted by molar-refractivity contribution is 7.54. The van der Waals surface area contributed by atoms with Gasteiger partial charge in [0.05, 0.1) is 11.0 Å². The molecule has 0 bridgehead atoms. The van der Waals surface area contributed by atoms with E-state index in [2.05, 4.69) is 0 Å². The highest BCUT2D eigenvalue weighted by Crippen LogP contribution is 2.64. The average Bonchev–Trinajstić information content (AvgIpc) is 3.71. The molecule has 182 valence electrons. The Bertz CT molecular complexity index is 1300. The molecule has 35 heavy (non-hydrogen) atoms. The van der Waals surface area contributed by atoms with Crippen molar-refractivity contribution in [2.75, 3.05) is 26.2 Å². The molecule has 1 atom stereocenters. The van der Waals surface area contributed by atoms with E-state index in [1.54, 1.807) is 18.2 Å². The van der Waals surface area contributed by atoms with Gasteiger partial charge in [0.2, 0.25) is 5.75 Å². The highest BCUT2D eigenvalue weighted by Gasteiger charge is 2.51. The fourth-order valence-corrected chi connectivity index (χ4v) is 7.59. The van der Waals surface area contributed by atoms with Gasteiger partial charge in [-0.15, -0.1) is 0 Å². The summed E-state index contributed by atoms with van der Waals surface area (Å²) in [5, 5.41) is 11.9. The predicted octanol–water partition coefficient (Wildman–Crippen LogP) is 4.25. The van der Waals surface area contributed by atoms with Crippen molar-refractivity contribution >= 4 is 19.3 Å². The first-order valence-corrected chi connectivity index (χ1v) is 13.7. The van der Waals surface area contributed by atoms with Gasteiger partial charge in [-0.3, -0.25) is 24.0 Å². The van der Waals surface area contributed by atoms with Crippen molar-refractivity contribution in [2.45, 2.75) is 44.4 Å². The highest BCUT2D eigenvalue weighted by atomic mass is 31.2. The quantitative estimate of drug-likeness (QED) is 0.231. The Kier molecular flexibility index (Phi) is 4.67. The number of carbonyl (C=O) groups is 1. The summed E-state index contributed by atoms with van der Waals surface area (Å²) in [6, 6.07) is 8.79. The standard InChI is InChI=1S/C24H25N4O6P/c29-24-20-13-17(4-1-15(20)14-27(24)16-2-3-16)33-23-19-6-8-22(18(19)5-7-21(23)28(30)31)34-35(32,25-9-10-25)26-11-12-26/h1,4-5,7,13,16,22H,2-3,6,8-12,14H2/t22-/m0/s1. The van der Waals surface area contributed by atoms with Gasteiger partial charge in [-0.25, -0.2) is 9.34 Å². The fourth-order valence-electron chi connectivity index (χ4n) is 5.23. The van der Waals surface area contributed by atoms with Crippen LogP contribution in [0.3, 0.4) is 0 Å². The molecule has 2 aromatic carbocycles. The Hall–Kier alpha value is -2.78. The van der Waals surface area contributed by atoms with Crippen LogP contribution < -0.4 is 4.74 Å². The number of nitro groups is 1. The lowest BCUT2D eigenvalue weighted by molar-refractivity contribution is -0.385. The van der Waals surface area contributed by atoms with E-state index in [1.165, 1.54) is 6.07 Å². The van der Waals surface area contributed by atoms with Gasteiger partial charge in [-0.2, -0.15) is 0 Å². The van der Waals surface area contributed by atoms with Crippen LogP contribution in [-0.4, -0.2) is 57.3 Å². The number of fused-ring (bicyclic) bond motifs is 2. The second-order valence-corrected chi connectivity index (χ2v) is 12.2. The normalized spacial score (nSPS) is 23.4. The molecule has 3 fully saturated rings. The molecule has 2 aliphatic carbocycles. The molecule has 0 radical (unpaired) electrons. The van der Waals surface area contributed by atoms with Gasteiger partial charge < -0.3 is 9.64 Å². The second-order valence-electron chi connectivity index (χ2n) is 9.85. The molecule has 0 aromatic heterocycles. The lowest BCUT2D eigenvalue weighted by Gasteiger charge is -2.24. The number of hydrogen-bond donors (Lipinski definition) is 0. The van der Waals surface area contributed by atoms with E-state index in [0.29, 0.717) is 42.3 Å². The van der Waals surface area contributed by atoms with Crippen LogP contribution in [0.2, 0.25) is 0 Å². The molecule has 0 N–H and O–H groups in total. The minimum Gasteiger partial charge on any atom is -0.450 e. The molecule has 5 aliphatic rings. The second kappa shape index (κ2) is 7.61. The lowest BCUT2D eigenvalue weighted by atomic mass is 10.1. The Morgan fingerprint density at radius 1 is 1.03 bits per heavy atom. The van der Waals surface area contributed by atoms with Gasteiger partial charge in [-0.05, 0) is 55.0 Å². The zero-order valence-corrected chi connectivity index (χ0v) is 20.0. The maximum atomic E-state index is 13.5. The first-order valence-electron chi connectivity index (χ1n) is 12.1. The van der Waals surface area contributed by atoms with Crippen LogP contribution in [0, 0.1) is 10.1 Å². The van der Waals surface area contributed by atoms with Crippen molar-refractivity contribution < 1.29 is 23.5 Å². The Morgan fingerprint density at radius 2 is 1.77 bits per heavy atom. The van der Waals surface area contributed by atoms with E-state index in [1.807, 2.05) is 20.3 Å². The topological polar surface area (TPSA) is 105 Å². The molecule has 11 heteroatoms. The summed E-state index contributed by atoms with van der Waals surface area (Å²) >= 11 is 0. The summed E-state index contributed by atoms with van der Waals surface area (Å²) in [4.78, 5) is 26.2. The number of rotatable bonds is 8. The zero-order chi connectivity index (χ0) is 23.9. The molecule has 3 heterocycles. The third kappa shape index (κ3) is 3.59. The van der Waals surface area contributed by atoms with Crippen molar-refractivity contribution in [1.82, 2.24) is 14.2 Å². The smallest absolute Gasteiger partial charge is 0.346 e. The summed E-state index contributed by atoms with van der Waals surface area (Å²) in [7, 11) is -3.03. The molecule has 2 saturated heterocycles. The summed E-state index contributed by atoms with van der Waals surface area (Å²) < 4.78 is 29.6. The first-order chi connectivity index (χ1) is 16.9. The van der Waals surface area contributed by atoms with Crippen LogP contribution in [0.4, 0.5) is 5.69 Å². The van der Waals surface area contributed by atoms with Gasteiger partial charge in [0.25, 0.3) is 5.91 Å². The van der Waals surface area contributed by atoms with Crippen molar-refractivity contribution in [3.8, 4) is 11.5 Å². The maximum Gasteiger partial charge on any atom is 0.346 e. The average molecular weight is 496 g/mol. The maximum absolute atomic E-state index is 13.5. The molecule has 1 saturated carbocycles. The van der Waals surface area contributed by atoms with E-state index in [-0.39, 0.29) is 17.3 Å². The largest absolute Gasteiger partial charge is 0.450 e. The monoisotopic (exact) mass is 496 g/mol. The van der Waals surface area contributed by atoms with Crippen LogP contribution in [-0.2, 0) is 22.1 Å². The Labute approximate surface area is 202 Å². The molecule has 3 aliphatic heterocycles. The molecule has 1 amide bonds. The summed E-state index contributed by atoms with van der Waals surface area (Å²) in [6.45, 7) is 3.65. The molecule has 0 spiro atoms. The van der Waals surface area contributed by atoms with Crippen molar-refractivity contribution in [1.29, 1.82) is 0 Å². The van der Waals surface area contributed by atoms with Crippen LogP contribution in [0.1, 0.15) is 52.4 Å². The van der Waals surface area contributed by atoms with Crippen LogP contribution in [0.5, 0.6) is 11.5 Å². The number of hydrogen-bond acceptors (Lipinski definition) is 6.